The van der Waals surface area contributed by atoms with Crippen molar-refractivity contribution in [2.45, 2.75) is 53.4 Å². The molecule has 7 heteroatoms. The maximum atomic E-state index is 15.1. The van der Waals surface area contributed by atoms with Crippen molar-refractivity contribution in [3.05, 3.63) is 59.5 Å². The molecule has 0 spiro atoms. The predicted octanol–water partition coefficient (Wildman–Crippen LogP) is 7.32. The second-order valence-corrected chi connectivity index (χ2v) is 9.46. The number of nitrogens with zero attached hydrogens (tertiary/aromatic N) is 1. The number of rotatable bonds is 11. The number of benzene rings is 2. The Morgan fingerprint density at radius 2 is 1.72 bits per heavy atom. The molecule has 0 radical (unpaired) electrons. The number of ether oxygens (including phenoxy) is 5. The molecule has 0 saturated carbocycles. The van der Waals surface area contributed by atoms with Gasteiger partial charge in [0.1, 0.15) is 5.75 Å². The van der Waals surface area contributed by atoms with Gasteiger partial charge < -0.3 is 23.7 Å². The summed E-state index contributed by atoms with van der Waals surface area (Å²) in [5.74, 6) is 1.28. The van der Waals surface area contributed by atoms with Gasteiger partial charge >= 0.3 is 0 Å². The quantitative estimate of drug-likeness (QED) is 0.259. The summed E-state index contributed by atoms with van der Waals surface area (Å²) in [5, 5.41) is 0.682. The van der Waals surface area contributed by atoms with Crippen molar-refractivity contribution in [1.82, 2.24) is 4.98 Å². The van der Waals surface area contributed by atoms with E-state index in [0.717, 1.165) is 5.56 Å². The summed E-state index contributed by atoms with van der Waals surface area (Å²) in [7, 11) is 4.83. The molecule has 0 saturated heterocycles. The maximum Gasteiger partial charge on any atom is 0.173 e. The number of aryl methyl sites for hydroxylation is 1. The van der Waals surface area contributed by atoms with Gasteiger partial charge in [-0.1, -0.05) is 32.1 Å². The van der Waals surface area contributed by atoms with Crippen molar-refractivity contribution in [3.63, 3.8) is 0 Å². The lowest BCUT2D eigenvalue weighted by molar-refractivity contribution is -0.174. The minimum atomic E-state index is -0.410. The third kappa shape index (κ3) is 5.97. The van der Waals surface area contributed by atoms with E-state index in [0.29, 0.717) is 40.1 Å². The summed E-state index contributed by atoms with van der Waals surface area (Å²) in [5.41, 5.74) is 1.70. The molecular formula is C29H36FNO5. The van der Waals surface area contributed by atoms with Gasteiger partial charge in [0.25, 0.3) is 0 Å². The van der Waals surface area contributed by atoms with E-state index in [2.05, 4.69) is 18.8 Å². The molecule has 3 aromatic rings. The standard InChI is InChI=1S/C29H36FNO5/c1-9-10-20-18(2)11-12-24(27(20)30)36-23-13-14-31-22-16-26(25(32-6)15-21(22)23)35-19(3)17-29(4,5)28(33-7)34-8/h9-16,19,28H,17H2,1-8H3/b10-9+. The van der Waals surface area contributed by atoms with E-state index < -0.39 is 5.82 Å². The van der Waals surface area contributed by atoms with Crippen LogP contribution in [-0.2, 0) is 9.47 Å². The highest BCUT2D eigenvalue weighted by molar-refractivity contribution is 5.88. The van der Waals surface area contributed by atoms with Gasteiger partial charge in [0.05, 0.1) is 18.7 Å². The smallest absolute Gasteiger partial charge is 0.173 e. The molecule has 2 aromatic carbocycles. The van der Waals surface area contributed by atoms with E-state index in [-0.39, 0.29) is 23.6 Å². The zero-order valence-electron chi connectivity index (χ0n) is 22.3. The highest BCUT2D eigenvalue weighted by Crippen LogP contribution is 2.39. The van der Waals surface area contributed by atoms with E-state index in [1.54, 1.807) is 57.9 Å². The van der Waals surface area contributed by atoms with Gasteiger partial charge in [0.15, 0.2) is 29.4 Å². The molecule has 1 aromatic heterocycles. The van der Waals surface area contributed by atoms with Crippen LogP contribution < -0.4 is 14.2 Å². The van der Waals surface area contributed by atoms with Crippen LogP contribution in [0.4, 0.5) is 4.39 Å². The highest BCUT2D eigenvalue weighted by Gasteiger charge is 2.32. The predicted molar refractivity (Wildman–Crippen MR) is 141 cm³/mol. The van der Waals surface area contributed by atoms with Crippen molar-refractivity contribution in [3.8, 4) is 23.0 Å². The van der Waals surface area contributed by atoms with E-state index in [9.17, 15) is 0 Å². The van der Waals surface area contributed by atoms with E-state index in [1.807, 2.05) is 32.9 Å². The van der Waals surface area contributed by atoms with Gasteiger partial charge in [-0.05, 0) is 51.0 Å². The Balaban J connectivity index is 1.93. The number of allylic oxidation sites excluding steroid dienone is 1. The lowest BCUT2D eigenvalue weighted by atomic mass is 9.86. The van der Waals surface area contributed by atoms with Crippen LogP contribution >= 0.6 is 0 Å². The van der Waals surface area contributed by atoms with E-state index >= 15 is 4.39 Å². The molecule has 1 heterocycles. The van der Waals surface area contributed by atoms with Crippen LogP contribution in [0, 0.1) is 18.2 Å². The Labute approximate surface area is 213 Å². The number of pyridine rings is 1. The lowest BCUT2D eigenvalue weighted by Gasteiger charge is -2.34. The molecule has 36 heavy (non-hydrogen) atoms. The van der Waals surface area contributed by atoms with E-state index in [1.165, 1.54) is 0 Å². The molecule has 3 rings (SSSR count). The normalized spacial score (nSPS) is 12.9. The van der Waals surface area contributed by atoms with Crippen LogP contribution in [0.2, 0.25) is 0 Å². The summed E-state index contributed by atoms with van der Waals surface area (Å²) in [6, 6.07) is 8.79. The molecule has 0 amide bonds. The third-order valence-corrected chi connectivity index (χ3v) is 6.11. The molecule has 0 fully saturated rings. The molecule has 0 aliphatic rings. The number of fused-ring (bicyclic) bond motifs is 1. The molecule has 0 bridgehead atoms. The Morgan fingerprint density at radius 1 is 1.00 bits per heavy atom. The van der Waals surface area contributed by atoms with Crippen molar-refractivity contribution in [2.75, 3.05) is 21.3 Å². The van der Waals surface area contributed by atoms with Gasteiger partial charge in [0.2, 0.25) is 0 Å². The molecule has 1 atom stereocenters. The topological polar surface area (TPSA) is 59.0 Å². The van der Waals surface area contributed by atoms with Crippen LogP contribution in [0.5, 0.6) is 23.0 Å². The van der Waals surface area contributed by atoms with Crippen molar-refractivity contribution < 1.29 is 28.1 Å². The van der Waals surface area contributed by atoms with Crippen LogP contribution in [0.3, 0.4) is 0 Å². The number of aromatic nitrogens is 1. The second kappa shape index (κ2) is 11.7. The Hall–Kier alpha value is -3.16. The van der Waals surface area contributed by atoms with Crippen LogP contribution in [0.1, 0.15) is 45.2 Å². The fraction of sp³-hybridized carbons (Fsp3) is 0.414. The number of methoxy groups -OCH3 is 3. The molecule has 1 unspecified atom stereocenters. The molecule has 0 N–H and O–H groups in total. The van der Waals surface area contributed by atoms with Crippen molar-refractivity contribution >= 4 is 17.0 Å². The average molecular weight is 498 g/mol. The maximum absolute atomic E-state index is 15.1. The molecule has 194 valence electrons. The fourth-order valence-electron chi connectivity index (χ4n) is 4.54. The zero-order valence-corrected chi connectivity index (χ0v) is 22.3. The fourth-order valence-corrected chi connectivity index (χ4v) is 4.54. The summed E-state index contributed by atoms with van der Waals surface area (Å²) >= 11 is 0. The largest absolute Gasteiger partial charge is 0.493 e. The lowest BCUT2D eigenvalue weighted by Crippen LogP contribution is -2.36. The number of halogens is 1. The van der Waals surface area contributed by atoms with Gasteiger partial charge in [-0.25, -0.2) is 4.39 Å². The van der Waals surface area contributed by atoms with Crippen molar-refractivity contribution in [2.24, 2.45) is 5.41 Å². The Bertz CT molecular complexity index is 1220. The summed E-state index contributed by atoms with van der Waals surface area (Å²) in [4.78, 5) is 4.48. The first-order valence-corrected chi connectivity index (χ1v) is 11.9. The molecule has 0 aliphatic heterocycles. The van der Waals surface area contributed by atoms with Crippen LogP contribution in [0.25, 0.3) is 17.0 Å². The first-order valence-electron chi connectivity index (χ1n) is 11.9. The number of hydrogen-bond donors (Lipinski definition) is 0. The first-order chi connectivity index (χ1) is 17.1. The van der Waals surface area contributed by atoms with Gasteiger partial charge in [-0.2, -0.15) is 0 Å². The highest BCUT2D eigenvalue weighted by atomic mass is 19.1. The van der Waals surface area contributed by atoms with E-state index in [4.69, 9.17) is 23.7 Å². The average Bonchev–Trinajstić information content (AvgIpc) is 2.83. The summed E-state index contributed by atoms with van der Waals surface area (Å²) in [6.07, 6.45) is 5.32. The Morgan fingerprint density at radius 3 is 2.36 bits per heavy atom. The van der Waals surface area contributed by atoms with Crippen LogP contribution in [-0.4, -0.2) is 38.7 Å². The van der Waals surface area contributed by atoms with Crippen molar-refractivity contribution in [1.29, 1.82) is 0 Å². The van der Waals surface area contributed by atoms with Gasteiger partial charge in [-0.3, -0.25) is 4.98 Å². The molecule has 0 aliphatic carbocycles. The minimum Gasteiger partial charge on any atom is -0.493 e. The SMILES string of the molecule is C/C=C/c1c(C)ccc(Oc2ccnc3cc(OC(C)CC(C)(C)C(OC)OC)c(OC)cc23)c1F. The van der Waals surface area contributed by atoms with Crippen LogP contribution in [0.15, 0.2) is 42.6 Å². The molecular weight excluding hydrogens is 461 g/mol. The Kier molecular flexibility index (Phi) is 8.93. The van der Waals surface area contributed by atoms with Gasteiger partial charge in [-0.15, -0.1) is 0 Å². The molecule has 6 nitrogen and oxygen atoms in total. The zero-order chi connectivity index (χ0) is 26.5. The third-order valence-electron chi connectivity index (χ3n) is 6.11. The monoisotopic (exact) mass is 497 g/mol. The number of hydrogen-bond acceptors (Lipinski definition) is 6. The summed E-state index contributed by atoms with van der Waals surface area (Å²) < 4.78 is 44.0. The second-order valence-electron chi connectivity index (χ2n) is 9.46. The van der Waals surface area contributed by atoms with Gasteiger partial charge in [0, 0.05) is 42.8 Å². The first kappa shape index (κ1) is 27.4. The minimum absolute atomic E-state index is 0.141. The summed E-state index contributed by atoms with van der Waals surface area (Å²) in [6.45, 7) is 9.84.